The van der Waals surface area contributed by atoms with Crippen molar-refractivity contribution in [3.05, 3.63) is 83.4 Å². The lowest BCUT2D eigenvalue weighted by Crippen LogP contribution is -2.05. The van der Waals surface area contributed by atoms with Gasteiger partial charge in [0.05, 0.1) is 5.69 Å². The number of aromatic amines is 1. The highest BCUT2D eigenvalue weighted by Crippen LogP contribution is 2.29. The van der Waals surface area contributed by atoms with E-state index in [0.717, 1.165) is 16.5 Å². The summed E-state index contributed by atoms with van der Waals surface area (Å²) in [5.74, 6) is 0.906. The predicted molar refractivity (Wildman–Crippen MR) is 98.8 cm³/mol. The number of aliphatic hydroxyl groups excluding tert-OH is 1. The van der Waals surface area contributed by atoms with Crippen molar-refractivity contribution in [1.29, 1.82) is 0 Å². The zero-order chi connectivity index (χ0) is 18.1. The number of pyridine rings is 1. The lowest BCUT2D eigenvalue weighted by molar-refractivity contribution is 0.215. The Morgan fingerprint density at radius 1 is 1.08 bits per heavy atom. The summed E-state index contributed by atoms with van der Waals surface area (Å²) in [6.07, 6.45) is -0.957. The second-order valence-electron chi connectivity index (χ2n) is 6.13. The van der Waals surface area contributed by atoms with Crippen molar-refractivity contribution in [3.63, 3.8) is 0 Å². The van der Waals surface area contributed by atoms with Gasteiger partial charge in [0.2, 0.25) is 0 Å². The fourth-order valence-electron chi connectivity index (χ4n) is 2.87. The van der Waals surface area contributed by atoms with Crippen molar-refractivity contribution in [1.82, 2.24) is 15.2 Å². The van der Waals surface area contributed by atoms with Gasteiger partial charge in [-0.3, -0.25) is 5.10 Å². The smallest absolute Gasteiger partial charge is 0.153 e. The number of H-pyrrole nitrogens is 1. The molecule has 0 aliphatic rings. The van der Waals surface area contributed by atoms with Crippen molar-refractivity contribution in [2.75, 3.05) is 5.32 Å². The Kier molecular flexibility index (Phi) is 4.10. The monoisotopic (exact) mass is 348 g/mol. The standard InChI is InChI=1S/C20H17FN4O/c1-12-10-18(25-24-12)23-20-16-5-3-2-4-14(16)11-17(22-20)19(26)13-6-8-15(21)9-7-13/h2-11,19,26H,1H3,(H2,22,23,24,25). The van der Waals surface area contributed by atoms with Crippen LogP contribution in [0.5, 0.6) is 0 Å². The number of fused-ring (bicyclic) bond motifs is 1. The van der Waals surface area contributed by atoms with Crippen LogP contribution in [-0.2, 0) is 0 Å². The molecule has 2 aromatic carbocycles. The number of hydrogen-bond acceptors (Lipinski definition) is 4. The van der Waals surface area contributed by atoms with Crippen LogP contribution < -0.4 is 5.32 Å². The van der Waals surface area contributed by atoms with E-state index in [1.165, 1.54) is 12.1 Å². The molecule has 26 heavy (non-hydrogen) atoms. The molecule has 4 rings (SSSR count). The maximum atomic E-state index is 13.2. The van der Waals surface area contributed by atoms with Crippen LogP contribution in [0.2, 0.25) is 0 Å². The molecule has 1 unspecified atom stereocenters. The van der Waals surface area contributed by atoms with Gasteiger partial charge in [0, 0.05) is 17.1 Å². The SMILES string of the molecule is Cc1cc(Nc2nc(C(O)c3ccc(F)cc3)cc3ccccc23)n[nH]1. The van der Waals surface area contributed by atoms with Gasteiger partial charge in [0.25, 0.3) is 0 Å². The minimum absolute atomic E-state index is 0.344. The number of nitrogens with zero attached hydrogens (tertiary/aromatic N) is 2. The Bertz CT molecular complexity index is 1060. The first-order chi connectivity index (χ1) is 12.6. The average Bonchev–Trinajstić information content (AvgIpc) is 3.06. The fraction of sp³-hybridized carbons (Fsp3) is 0.100. The first-order valence-electron chi connectivity index (χ1n) is 8.22. The lowest BCUT2D eigenvalue weighted by Gasteiger charge is -2.14. The molecule has 4 aromatic rings. The lowest BCUT2D eigenvalue weighted by atomic mass is 10.0. The Morgan fingerprint density at radius 3 is 2.58 bits per heavy atom. The highest BCUT2D eigenvalue weighted by molar-refractivity contribution is 5.93. The van der Waals surface area contributed by atoms with E-state index in [2.05, 4.69) is 20.5 Å². The van der Waals surface area contributed by atoms with Crippen LogP contribution in [0.4, 0.5) is 16.0 Å². The quantitative estimate of drug-likeness (QED) is 0.516. The highest BCUT2D eigenvalue weighted by Gasteiger charge is 2.16. The van der Waals surface area contributed by atoms with E-state index in [1.807, 2.05) is 43.3 Å². The van der Waals surface area contributed by atoms with Crippen molar-refractivity contribution >= 4 is 22.4 Å². The van der Waals surface area contributed by atoms with Gasteiger partial charge in [-0.1, -0.05) is 36.4 Å². The minimum atomic E-state index is -0.957. The van der Waals surface area contributed by atoms with Crippen LogP contribution in [-0.4, -0.2) is 20.3 Å². The molecular weight excluding hydrogens is 331 g/mol. The molecule has 130 valence electrons. The van der Waals surface area contributed by atoms with Crippen LogP contribution in [0, 0.1) is 12.7 Å². The summed E-state index contributed by atoms with van der Waals surface area (Å²) in [5.41, 5.74) is 1.99. The molecule has 2 heterocycles. The molecule has 0 radical (unpaired) electrons. The van der Waals surface area contributed by atoms with Gasteiger partial charge in [-0.15, -0.1) is 0 Å². The van der Waals surface area contributed by atoms with Gasteiger partial charge in [-0.2, -0.15) is 5.10 Å². The summed E-state index contributed by atoms with van der Waals surface area (Å²) < 4.78 is 13.2. The third-order valence-electron chi connectivity index (χ3n) is 4.18. The van der Waals surface area contributed by atoms with E-state index < -0.39 is 6.10 Å². The van der Waals surface area contributed by atoms with Crippen molar-refractivity contribution in [2.24, 2.45) is 0 Å². The maximum absolute atomic E-state index is 13.2. The van der Waals surface area contributed by atoms with Gasteiger partial charge in [0.15, 0.2) is 5.82 Å². The molecule has 2 aromatic heterocycles. The number of aliphatic hydroxyl groups is 1. The molecule has 0 aliphatic heterocycles. The van der Waals surface area contributed by atoms with Crippen molar-refractivity contribution in [3.8, 4) is 0 Å². The Balaban J connectivity index is 1.79. The van der Waals surface area contributed by atoms with Crippen LogP contribution in [0.25, 0.3) is 10.8 Å². The zero-order valence-corrected chi connectivity index (χ0v) is 14.1. The third-order valence-corrected chi connectivity index (χ3v) is 4.18. The number of rotatable bonds is 4. The third kappa shape index (κ3) is 3.14. The topological polar surface area (TPSA) is 73.8 Å². The van der Waals surface area contributed by atoms with Crippen LogP contribution in [0.15, 0.2) is 60.7 Å². The number of aromatic nitrogens is 3. The van der Waals surface area contributed by atoms with Crippen LogP contribution in [0.3, 0.4) is 0 Å². The first-order valence-corrected chi connectivity index (χ1v) is 8.22. The fourth-order valence-corrected chi connectivity index (χ4v) is 2.87. The number of hydrogen-bond donors (Lipinski definition) is 3. The number of nitrogens with one attached hydrogen (secondary N) is 2. The predicted octanol–water partition coefficient (Wildman–Crippen LogP) is 4.23. The summed E-state index contributed by atoms with van der Waals surface area (Å²) in [4.78, 5) is 4.60. The van der Waals surface area contributed by atoms with Crippen molar-refractivity contribution in [2.45, 2.75) is 13.0 Å². The Labute approximate surface area is 149 Å². The Hall–Kier alpha value is -3.25. The molecule has 6 heteroatoms. The van der Waals surface area contributed by atoms with Gasteiger partial charge < -0.3 is 10.4 Å². The zero-order valence-electron chi connectivity index (χ0n) is 14.1. The van der Waals surface area contributed by atoms with Gasteiger partial charge in [0.1, 0.15) is 17.7 Å². The molecule has 0 amide bonds. The number of aryl methyl sites for hydroxylation is 1. The minimum Gasteiger partial charge on any atom is -0.382 e. The van der Waals surface area contributed by atoms with Crippen molar-refractivity contribution < 1.29 is 9.50 Å². The van der Waals surface area contributed by atoms with E-state index in [4.69, 9.17) is 0 Å². The summed E-state index contributed by atoms with van der Waals surface area (Å²) in [6.45, 7) is 1.92. The highest BCUT2D eigenvalue weighted by atomic mass is 19.1. The van der Waals surface area contributed by atoms with E-state index >= 15 is 0 Å². The molecular formula is C20H17FN4O. The summed E-state index contributed by atoms with van der Waals surface area (Å²) in [5, 5.41) is 22.8. The maximum Gasteiger partial charge on any atom is 0.153 e. The van der Waals surface area contributed by atoms with E-state index in [1.54, 1.807) is 12.1 Å². The van der Waals surface area contributed by atoms with Gasteiger partial charge >= 0.3 is 0 Å². The van der Waals surface area contributed by atoms with E-state index in [9.17, 15) is 9.50 Å². The molecule has 1 atom stereocenters. The molecule has 0 spiro atoms. The largest absolute Gasteiger partial charge is 0.382 e. The summed E-state index contributed by atoms with van der Waals surface area (Å²) in [6, 6.07) is 17.2. The number of anilines is 2. The molecule has 0 saturated carbocycles. The molecule has 3 N–H and O–H groups in total. The Morgan fingerprint density at radius 2 is 1.85 bits per heavy atom. The average molecular weight is 348 g/mol. The number of halogens is 1. The molecule has 0 saturated heterocycles. The van der Waals surface area contributed by atoms with Gasteiger partial charge in [-0.25, -0.2) is 9.37 Å². The van der Waals surface area contributed by atoms with Crippen LogP contribution in [0.1, 0.15) is 23.1 Å². The van der Waals surface area contributed by atoms with Crippen LogP contribution >= 0.6 is 0 Å². The van der Waals surface area contributed by atoms with E-state index in [0.29, 0.717) is 22.9 Å². The second-order valence-corrected chi connectivity index (χ2v) is 6.13. The molecule has 0 fully saturated rings. The molecule has 5 nitrogen and oxygen atoms in total. The normalized spacial score (nSPS) is 12.3. The first kappa shape index (κ1) is 16.2. The molecule has 0 bridgehead atoms. The second kappa shape index (κ2) is 6.57. The van der Waals surface area contributed by atoms with E-state index in [-0.39, 0.29) is 5.82 Å². The van der Waals surface area contributed by atoms with Gasteiger partial charge in [-0.05, 0) is 36.1 Å². The summed E-state index contributed by atoms with van der Waals surface area (Å²) in [7, 11) is 0. The number of benzene rings is 2. The molecule has 0 aliphatic carbocycles. The summed E-state index contributed by atoms with van der Waals surface area (Å²) >= 11 is 0.